The average Bonchev–Trinajstić information content (AvgIpc) is 2.48. The fourth-order valence-corrected chi connectivity index (χ4v) is 2.48. The summed E-state index contributed by atoms with van der Waals surface area (Å²) in [6.07, 6.45) is 0. The van der Waals surface area contributed by atoms with Gasteiger partial charge >= 0.3 is 0 Å². The van der Waals surface area contributed by atoms with Gasteiger partial charge in [0.25, 0.3) is 0 Å². The number of thiophene rings is 1. The van der Waals surface area contributed by atoms with Crippen molar-refractivity contribution in [2.45, 2.75) is 11.8 Å². The second-order valence-electron chi connectivity index (χ2n) is 2.95. The van der Waals surface area contributed by atoms with Gasteiger partial charge in [-0.3, -0.25) is 0 Å². The lowest BCUT2D eigenvalue weighted by atomic mass is 10.2. The van der Waals surface area contributed by atoms with Crippen LogP contribution in [-0.4, -0.2) is 6.61 Å². The standard InChI is InChI=1S/C10H11NOS2/c1-2-12-10-4-6-3-8(13)7(11)5-9(6)14-10/h3-5,13H,2,11H2,1H3. The summed E-state index contributed by atoms with van der Waals surface area (Å²) < 4.78 is 6.57. The van der Waals surface area contributed by atoms with Crippen LogP contribution in [0.3, 0.4) is 0 Å². The van der Waals surface area contributed by atoms with E-state index in [1.165, 1.54) is 0 Å². The Morgan fingerprint density at radius 2 is 2.21 bits per heavy atom. The van der Waals surface area contributed by atoms with Crippen LogP contribution in [0.4, 0.5) is 5.69 Å². The molecule has 2 N–H and O–H groups in total. The third-order valence-corrected chi connectivity index (χ3v) is 3.33. The molecule has 0 aliphatic heterocycles. The van der Waals surface area contributed by atoms with Gasteiger partial charge in [0.2, 0.25) is 0 Å². The molecule has 2 aromatic rings. The van der Waals surface area contributed by atoms with Gasteiger partial charge < -0.3 is 10.5 Å². The van der Waals surface area contributed by atoms with Crippen molar-refractivity contribution in [1.82, 2.24) is 0 Å². The normalized spacial score (nSPS) is 10.7. The fourth-order valence-electron chi connectivity index (χ4n) is 1.28. The number of nitrogens with two attached hydrogens (primary N) is 1. The molecule has 14 heavy (non-hydrogen) atoms. The molecule has 0 unspecified atom stereocenters. The Morgan fingerprint density at radius 1 is 1.43 bits per heavy atom. The lowest BCUT2D eigenvalue weighted by Crippen LogP contribution is -1.86. The van der Waals surface area contributed by atoms with Gasteiger partial charge in [-0.2, -0.15) is 0 Å². The molecule has 2 nitrogen and oxygen atoms in total. The van der Waals surface area contributed by atoms with Crippen molar-refractivity contribution in [2.75, 3.05) is 12.3 Å². The summed E-state index contributed by atoms with van der Waals surface area (Å²) >= 11 is 5.88. The van der Waals surface area contributed by atoms with Gasteiger partial charge in [0.15, 0.2) is 5.06 Å². The molecule has 1 aromatic heterocycles. The molecule has 0 saturated carbocycles. The first-order chi connectivity index (χ1) is 6.70. The van der Waals surface area contributed by atoms with E-state index in [0.29, 0.717) is 12.3 Å². The van der Waals surface area contributed by atoms with E-state index in [1.54, 1.807) is 11.3 Å². The van der Waals surface area contributed by atoms with Crippen LogP contribution >= 0.6 is 24.0 Å². The van der Waals surface area contributed by atoms with Crippen LogP contribution in [0.25, 0.3) is 10.1 Å². The van der Waals surface area contributed by atoms with Crippen LogP contribution in [0.5, 0.6) is 5.06 Å². The van der Waals surface area contributed by atoms with Crippen LogP contribution < -0.4 is 10.5 Å². The first-order valence-electron chi connectivity index (χ1n) is 4.35. The van der Waals surface area contributed by atoms with Gasteiger partial charge in [-0.05, 0) is 30.5 Å². The second kappa shape index (κ2) is 3.71. The summed E-state index contributed by atoms with van der Waals surface area (Å²) in [6.45, 7) is 2.67. The maximum atomic E-state index is 5.76. The molecule has 0 amide bonds. The third-order valence-electron chi connectivity index (χ3n) is 1.93. The van der Waals surface area contributed by atoms with Gasteiger partial charge in [0.1, 0.15) is 0 Å². The van der Waals surface area contributed by atoms with E-state index in [1.807, 2.05) is 25.1 Å². The van der Waals surface area contributed by atoms with Crippen LogP contribution in [0.2, 0.25) is 0 Å². The van der Waals surface area contributed by atoms with Crippen LogP contribution in [0.1, 0.15) is 6.92 Å². The molecule has 0 aliphatic rings. The topological polar surface area (TPSA) is 35.2 Å². The molecule has 0 saturated heterocycles. The molecule has 0 fully saturated rings. The Hall–Kier alpha value is -0.870. The monoisotopic (exact) mass is 225 g/mol. The van der Waals surface area contributed by atoms with Crippen LogP contribution in [-0.2, 0) is 0 Å². The summed E-state index contributed by atoms with van der Waals surface area (Å²) in [7, 11) is 0. The molecular formula is C10H11NOS2. The Balaban J connectivity index is 2.54. The lowest BCUT2D eigenvalue weighted by molar-refractivity contribution is 0.350. The van der Waals surface area contributed by atoms with E-state index in [0.717, 1.165) is 20.0 Å². The summed E-state index contributed by atoms with van der Waals surface area (Å²) in [5.74, 6) is 0. The number of fused-ring (bicyclic) bond motifs is 1. The van der Waals surface area contributed by atoms with Crippen molar-refractivity contribution in [3.8, 4) is 5.06 Å². The number of rotatable bonds is 2. The molecule has 2 rings (SSSR count). The van der Waals surface area contributed by atoms with E-state index in [-0.39, 0.29) is 0 Å². The predicted molar refractivity (Wildman–Crippen MR) is 64.7 cm³/mol. The minimum absolute atomic E-state index is 0.691. The number of hydrogen-bond donors (Lipinski definition) is 2. The van der Waals surface area contributed by atoms with E-state index in [9.17, 15) is 0 Å². The van der Waals surface area contributed by atoms with Crippen molar-refractivity contribution in [1.29, 1.82) is 0 Å². The highest BCUT2D eigenvalue weighted by atomic mass is 32.1. The molecule has 0 atom stereocenters. The summed E-state index contributed by atoms with van der Waals surface area (Å²) in [6, 6.07) is 5.92. The molecular weight excluding hydrogens is 214 g/mol. The largest absolute Gasteiger partial charge is 0.484 e. The zero-order valence-corrected chi connectivity index (χ0v) is 9.49. The molecule has 0 aliphatic carbocycles. The van der Waals surface area contributed by atoms with E-state index >= 15 is 0 Å². The average molecular weight is 225 g/mol. The van der Waals surface area contributed by atoms with Crippen LogP contribution in [0, 0.1) is 0 Å². The molecule has 0 bridgehead atoms. The lowest BCUT2D eigenvalue weighted by Gasteiger charge is -1.96. The Kier molecular flexibility index (Phi) is 2.56. The second-order valence-corrected chi connectivity index (χ2v) is 4.48. The zero-order valence-electron chi connectivity index (χ0n) is 7.78. The molecule has 0 spiro atoms. The van der Waals surface area contributed by atoms with Gasteiger partial charge in [-0.15, -0.1) is 12.6 Å². The highest BCUT2D eigenvalue weighted by molar-refractivity contribution is 7.80. The number of anilines is 1. The van der Waals surface area contributed by atoms with E-state index in [2.05, 4.69) is 12.6 Å². The SMILES string of the molecule is CCOc1cc2cc(S)c(N)cc2s1. The Morgan fingerprint density at radius 3 is 2.93 bits per heavy atom. The van der Waals surface area contributed by atoms with Gasteiger partial charge in [0, 0.05) is 15.3 Å². The van der Waals surface area contributed by atoms with Gasteiger partial charge in [-0.1, -0.05) is 11.3 Å². The molecule has 4 heteroatoms. The highest BCUT2D eigenvalue weighted by Crippen LogP contribution is 2.35. The number of hydrogen-bond acceptors (Lipinski definition) is 4. The van der Waals surface area contributed by atoms with Crippen molar-refractivity contribution in [3.63, 3.8) is 0 Å². The van der Waals surface area contributed by atoms with Gasteiger partial charge in [-0.25, -0.2) is 0 Å². The van der Waals surface area contributed by atoms with Gasteiger partial charge in [0.05, 0.1) is 6.61 Å². The molecule has 0 radical (unpaired) electrons. The van der Waals surface area contributed by atoms with Crippen molar-refractivity contribution in [3.05, 3.63) is 18.2 Å². The Labute approximate surface area is 92.1 Å². The summed E-state index contributed by atoms with van der Waals surface area (Å²) in [5, 5.41) is 2.07. The van der Waals surface area contributed by atoms with Crippen LogP contribution in [0.15, 0.2) is 23.1 Å². The predicted octanol–water partition coefficient (Wildman–Crippen LogP) is 3.17. The number of ether oxygens (including phenoxy) is 1. The van der Waals surface area contributed by atoms with Crippen molar-refractivity contribution >= 4 is 39.7 Å². The minimum atomic E-state index is 0.691. The first kappa shape index (κ1) is 9.68. The maximum Gasteiger partial charge on any atom is 0.174 e. The zero-order chi connectivity index (χ0) is 10.1. The third kappa shape index (κ3) is 1.67. The first-order valence-corrected chi connectivity index (χ1v) is 5.62. The van der Waals surface area contributed by atoms with E-state index < -0.39 is 0 Å². The minimum Gasteiger partial charge on any atom is -0.484 e. The Bertz CT molecular complexity index is 425. The van der Waals surface area contributed by atoms with E-state index in [4.69, 9.17) is 10.5 Å². The fraction of sp³-hybridized carbons (Fsp3) is 0.200. The quantitative estimate of drug-likeness (QED) is 0.608. The highest BCUT2D eigenvalue weighted by Gasteiger charge is 2.04. The maximum absolute atomic E-state index is 5.76. The summed E-state index contributed by atoms with van der Waals surface area (Å²) in [5.41, 5.74) is 6.47. The smallest absolute Gasteiger partial charge is 0.174 e. The number of benzene rings is 1. The summed E-state index contributed by atoms with van der Waals surface area (Å²) in [4.78, 5) is 0.818. The molecule has 1 aromatic carbocycles. The number of nitrogen functional groups attached to an aromatic ring is 1. The van der Waals surface area contributed by atoms with Crippen molar-refractivity contribution < 1.29 is 4.74 Å². The van der Waals surface area contributed by atoms with Crippen molar-refractivity contribution in [2.24, 2.45) is 0 Å². The number of thiol groups is 1. The molecule has 1 heterocycles. The molecule has 74 valence electrons.